The summed E-state index contributed by atoms with van der Waals surface area (Å²) >= 11 is 0. The van der Waals surface area contributed by atoms with Crippen LogP contribution in [0, 0.1) is 5.92 Å². The molecule has 0 aliphatic heterocycles. The van der Waals surface area contributed by atoms with E-state index in [4.69, 9.17) is 10.2 Å². The van der Waals surface area contributed by atoms with Crippen molar-refractivity contribution in [3.63, 3.8) is 0 Å². The van der Waals surface area contributed by atoms with Gasteiger partial charge >= 0.3 is 5.97 Å². The lowest BCUT2D eigenvalue weighted by Gasteiger charge is -2.12. The molecule has 0 radical (unpaired) electrons. The summed E-state index contributed by atoms with van der Waals surface area (Å²) in [4.78, 5) is 10.8. The number of carboxylic acid groups (broad SMARTS) is 1. The van der Waals surface area contributed by atoms with Crippen LogP contribution < -0.4 is 4.72 Å². The Balaban J connectivity index is 2.66. The number of sulfonamides is 1. The third kappa shape index (κ3) is 5.68. The lowest BCUT2D eigenvalue weighted by Crippen LogP contribution is -2.29. The first-order valence-corrected chi connectivity index (χ1v) is 7.89. The molecule has 0 saturated carbocycles. The molecule has 0 heterocycles. The van der Waals surface area contributed by atoms with Crippen molar-refractivity contribution in [2.75, 3.05) is 13.2 Å². The van der Waals surface area contributed by atoms with Gasteiger partial charge in [-0.1, -0.05) is 19.1 Å². The zero-order valence-corrected chi connectivity index (χ0v) is 12.1. The Kier molecular flexibility index (Phi) is 6.12. The Morgan fingerprint density at radius 2 is 2.10 bits per heavy atom. The summed E-state index contributed by atoms with van der Waals surface area (Å²) in [5, 5.41) is 17.6. The van der Waals surface area contributed by atoms with Gasteiger partial charge in [0.2, 0.25) is 10.0 Å². The molecule has 1 aromatic rings. The monoisotopic (exact) mass is 301 g/mol. The predicted octanol–water partition coefficient (Wildman–Crippen LogP) is 0.823. The SMILES string of the molecule is CC(CCO)CNS(=O)(=O)Cc1cccc(C(=O)O)c1. The van der Waals surface area contributed by atoms with E-state index >= 15 is 0 Å². The van der Waals surface area contributed by atoms with Gasteiger partial charge in [-0.05, 0) is 30.0 Å². The van der Waals surface area contributed by atoms with Crippen LogP contribution in [0.5, 0.6) is 0 Å². The van der Waals surface area contributed by atoms with E-state index in [0.717, 1.165) is 0 Å². The first kappa shape index (κ1) is 16.6. The summed E-state index contributed by atoms with van der Waals surface area (Å²) in [6.45, 7) is 2.11. The largest absolute Gasteiger partial charge is 0.478 e. The zero-order valence-electron chi connectivity index (χ0n) is 11.2. The van der Waals surface area contributed by atoms with Crippen molar-refractivity contribution in [3.05, 3.63) is 35.4 Å². The summed E-state index contributed by atoms with van der Waals surface area (Å²) in [6, 6.07) is 5.85. The number of aromatic carboxylic acids is 1. The van der Waals surface area contributed by atoms with Crippen molar-refractivity contribution >= 4 is 16.0 Å². The van der Waals surface area contributed by atoms with Gasteiger partial charge in [-0.15, -0.1) is 0 Å². The van der Waals surface area contributed by atoms with Gasteiger partial charge in [-0.2, -0.15) is 0 Å². The molecule has 1 aromatic carbocycles. The van der Waals surface area contributed by atoms with Crippen molar-refractivity contribution < 1.29 is 23.4 Å². The summed E-state index contributed by atoms with van der Waals surface area (Å²) in [7, 11) is -3.52. The average molecular weight is 301 g/mol. The van der Waals surface area contributed by atoms with Gasteiger partial charge in [-0.3, -0.25) is 0 Å². The predicted molar refractivity (Wildman–Crippen MR) is 74.9 cm³/mol. The minimum absolute atomic E-state index is 0.0174. The molecule has 1 rings (SSSR count). The van der Waals surface area contributed by atoms with Gasteiger partial charge < -0.3 is 10.2 Å². The quantitative estimate of drug-likeness (QED) is 0.659. The second-order valence-electron chi connectivity index (χ2n) is 4.73. The molecule has 1 unspecified atom stereocenters. The molecule has 6 nitrogen and oxygen atoms in total. The lowest BCUT2D eigenvalue weighted by atomic mass is 10.1. The second kappa shape index (κ2) is 7.37. The molecule has 0 saturated heterocycles. The van der Waals surface area contributed by atoms with Crippen molar-refractivity contribution in [2.45, 2.75) is 19.1 Å². The third-order valence-corrected chi connectivity index (χ3v) is 4.12. The maximum atomic E-state index is 11.9. The van der Waals surface area contributed by atoms with E-state index in [1.807, 2.05) is 6.92 Å². The van der Waals surface area contributed by atoms with Crippen molar-refractivity contribution in [1.29, 1.82) is 0 Å². The van der Waals surface area contributed by atoms with Gasteiger partial charge in [0, 0.05) is 13.2 Å². The number of benzene rings is 1. The standard InChI is InChI=1S/C13H19NO5S/c1-10(5-6-15)8-14-20(18,19)9-11-3-2-4-12(7-11)13(16)17/h2-4,7,10,14-15H,5-6,8-9H2,1H3,(H,16,17). The van der Waals surface area contributed by atoms with Crippen molar-refractivity contribution in [3.8, 4) is 0 Å². The van der Waals surface area contributed by atoms with Crippen LogP contribution in [0.2, 0.25) is 0 Å². The summed E-state index contributed by atoms with van der Waals surface area (Å²) in [5.74, 6) is -1.31. The fourth-order valence-corrected chi connectivity index (χ4v) is 2.92. The smallest absolute Gasteiger partial charge is 0.335 e. The molecule has 0 aromatic heterocycles. The van der Waals surface area contributed by atoms with Gasteiger partial charge in [0.05, 0.1) is 11.3 Å². The number of aliphatic hydroxyl groups excluding tert-OH is 1. The van der Waals surface area contributed by atoms with Gasteiger partial charge in [0.15, 0.2) is 0 Å². The number of hydrogen-bond donors (Lipinski definition) is 3. The van der Waals surface area contributed by atoms with Gasteiger partial charge in [-0.25, -0.2) is 17.9 Å². The number of hydrogen-bond acceptors (Lipinski definition) is 4. The average Bonchev–Trinajstić information content (AvgIpc) is 2.37. The van der Waals surface area contributed by atoms with Crippen LogP contribution in [-0.2, 0) is 15.8 Å². The summed E-state index contributed by atoms with van der Waals surface area (Å²) in [5.41, 5.74) is 0.485. The summed E-state index contributed by atoms with van der Waals surface area (Å²) < 4.78 is 26.2. The first-order chi connectivity index (χ1) is 9.34. The Hall–Kier alpha value is -1.44. The second-order valence-corrected chi connectivity index (χ2v) is 6.54. The van der Waals surface area contributed by atoms with Crippen molar-refractivity contribution in [2.24, 2.45) is 5.92 Å². The summed E-state index contributed by atoms with van der Waals surface area (Å²) in [6.07, 6.45) is 0.525. The van der Waals surface area contributed by atoms with Crippen molar-refractivity contribution in [1.82, 2.24) is 4.72 Å². The lowest BCUT2D eigenvalue weighted by molar-refractivity contribution is 0.0696. The first-order valence-electron chi connectivity index (χ1n) is 6.24. The molecule has 0 fully saturated rings. The molecule has 0 amide bonds. The van der Waals surface area contributed by atoms with Crippen LogP contribution in [0.25, 0.3) is 0 Å². The number of rotatable bonds is 8. The molecular formula is C13H19NO5S. The van der Waals surface area contributed by atoms with E-state index in [0.29, 0.717) is 12.0 Å². The normalized spacial score (nSPS) is 13.1. The number of aliphatic hydroxyl groups is 1. The highest BCUT2D eigenvalue weighted by molar-refractivity contribution is 7.88. The van der Waals surface area contributed by atoms with Crippen LogP contribution in [0.3, 0.4) is 0 Å². The highest BCUT2D eigenvalue weighted by Gasteiger charge is 2.14. The van der Waals surface area contributed by atoms with Gasteiger partial charge in [0.25, 0.3) is 0 Å². The Labute approximate surface area is 118 Å². The number of nitrogens with one attached hydrogen (secondary N) is 1. The van der Waals surface area contributed by atoms with E-state index in [-0.39, 0.29) is 30.4 Å². The molecule has 1 atom stereocenters. The molecule has 0 aliphatic carbocycles. The molecule has 112 valence electrons. The Bertz CT molecular complexity index is 556. The van der Waals surface area contributed by atoms with E-state index in [1.165, 1.54) is 18.2 Å². The third-order valence-electron chi connectivity index (χ3n) is 2.80. The topological polar surface area (TPSA) is 104 Å². The maximum absolute atomic E-state index is 11.9. The molecule has 0 aliphatic rings. The minimum Gasteiger partial charge on any atom is -0.478 e. The molecule has 3 N–H and O–H groups in total. The van der Waals surface area contributed by atoms with E-state index in [1.54, 1.807) is 6.07 Å². The Morgan fingerprint density at radius 1 is 1.40 bits per heavy atom. The molecule has 7 heteroatoms. The van der Waals surface area contributed by atoms with E-state index in [2.05, 4.69) is 4.72 Å². The van der Waals surface area contributed by atoms with Gasteiger partial charge in [0.1, 0.15) is 0 Å². The van der Waals surface area contributed by atoms with E-state index < -0.39 is 16.0 Å². The molecular weight excluding hydrogens is 282 g/mol. The number of carboxylic acids is 1. The minimum atomic E-state index is -3.52. The highest BCUT2D eigenvalue weighted by atomic mass is 32.2. The van der Waals surface area contributed by atoms with Crippen LogP contribution in [-0.4, -0.2) is 37.8 Å². The fraction of sp³-hybridized carbons (Fsp3) is 0.462. The zero-order chi connectivity index (χ0) is 15.2. The van der Waals surface area contributed by atoms with E-state index in [9.17, 15) is 13.2 Å². The fourth-order valence-electron chi connectivity index (χ4n) is 1.66. The van der Waals surface area contributed by atoms with Crippen LogP contribution >= 0.6 is 0 Å². The molecule has 0 bridgehead atoms. The van der Waals surface area contributed by atoms with Crippen LogP contribution in [0.1, 0.15) is 29.3 Å². The molecule has 20 heavy (non-hydrogen) atoms. The maximum Gasteiger partial charge on any atom is 0.335 e. The van der Waals surface area contributed by atoms with Crippen LogP contribution in [0.4, 0.5) is 0 Å². The number of carbonyl (C=O) groups is 1. The highest BCUT2D eigenvalue weighted by Crippen LogP contribution is 2.09. The molecule has 0 spiro atoms. The Morgan fingerprint density at radius 3 is 2.70 bits per heavy atom. The van der Waals surface area contributed by atoms with Crippen LogP contribution in [0.15, 0.2) is 24.3 Å².